The van der Waals surface area contributed by atoms with Crippen molar-refractivity contribution in [1.29, 1.82) is 0 Å². The topological polar surface area (TPSA) is 51.2 Å². The maximum Gasteiger partial charge on any atom is 0.261 e. The van der Waals surface area contributed by atoms with Gasteiger partial charge in [0.1, 0.15) is 5.75 Å². The predicted molar refractivity (Wildman–Crippen MR) is 86.7 cm³/mol. The SMILES string of the molecule is CCC(Oc1cccc(C)c1C)C(=O)NCc1ccncc1. The molecule has 4 heteroatoms. The Bertz CT molecular complexity index is 626. The molecule has 1 aromatic heterocycles. The van der Waals surface area contributed by atoms with Crippen molar-refractivity contribution in [2.45, 2.75) is 39.8 Å². The van der Waals surface area contributed by atoms with Gasteiger partial charge in [-0.05, 0) is 55.2 Å². The fourth-order valence-corrected chi connectivity index (χ4v) is 2.13. The van der Waals surface area contributed by atoms with Gasteiger partial charge in [-0.15, -0.1) is 0 Å². The molecular weight excluding hydrogens is 276 g/mol. The van der Waals surface area contributed by atoms with Crippen molar-refractivity contribution in [2.75, 3.05) is 0 Å². The summed E-state index contributed by atoms with van der Waals surface area (Å²) in [5, 5.41) is 2.91. The summed E-state index contributed by atoms with van der Waals surface area (Å²) in [5.74, 6) is 0.672. The van der Waals surface area contributed by atoms with Crippen LogP contribution in [0.2, 0.25) is 0 Å². The van der Waals surface area contributed by atoms with E-state index in [1.807, 2.05) is 51.1 Å². The Morgan fingerprint density at radius 2 is 1.95 bits per heavy atom. The minimum absolute atomic E-state index is 0.0970. The zero-order valence-electron chi connectivity index (χ0n) is 13.3. The average Bonchev–Trinajstić information content (AvgIpc) is 2.55. The number of rotatable bonds is 6. The monoisotopic (exact) mass is 298 g/mol. The minimum atomic E-state index is -0.484. The van der Waals surface area contributed by atoms with Gasteiger partial charge < -0.3 is 10.1 Å². The van der Waals surface area contributed by atoms with E-state index in [0.717, 1.165) is 22.4 Å². The maximum atomic E-state index is 12.3. The molecule has 0 aliphatic heterocycles. The van der Waals surface area contributed by atoms with E-state index in [1.54, 1.807) is 12.4 Å². The van der Waals surface area contributed by atoms with Crippen molar-refractivity contribution in [3.8, 4) is 5.75 Å². The Morgan fingerprint density at radius 3 is 2.64 bits per heavy atom. The number of aryl methyl sites for hydroxylation is 1. The highest BCUT2D eigenvalue weighted by molar-refractivity contribution is 5.81. The smallest absolute Gasteiger partial charge is 0.261 e. The largest absolute Gasteiger partial charge is 0.480 e. The maximum absolute atomic E-state index is 12.3. The molecule has 116 valence electrons. The molecule has 0 saturated carbocycles. The summed E-state index contributed by atoms with van der Waals surface area (Å²) < 4.78 is 5.90. The van der Waals surface area contributed by atoms with Crippen LogP contribution >= 0.6 is 0 Å². The van der Waals surface area contributed by atoms with Gasteiger partial charge in [-0.1, -0.05) is 19.1 Å². The molecule has 0 aliphatic rings. The molecule has 0 bridgehead atoms. The number of ether oxygens (including phenoxy) is 1. The summed E-state index contributed by atoms with van der Waals surface area (Å²) in [6.07, 6.45) is 3.56. The summed E-state index contributed by atoms with van der Waals surface area (Å²) in [7, 11) is 0. The van der Waals surface area contributed by atoms with Crippen molar-refractivity contribution in [2.24, 2.45) is 0 Å². The fraction of sp³-hybridized carbons (Fsp3) is 0.333. The van der Waals surface area contributed by atoms with E-state index in [4.69, 9.17) is 4.74 Å². The van der Waals surface area contributed by atoms with Crippen LogP contribution in [0.5, 0.6) is 5.75 Å². The molecule has 1 aromatic carbocycles. The molecule has 1 N–H and O–H groups in total. The molecule has 1 atom stereocenters. The lowest BCUT2D eigenvalue weighted by Crippen LogP contribution is -2.37. The van der Waals surface area contributed by atoms with Gasteiger partial charge in [0.2, 0.25) is 0 Å². The van der Waals surface area contributed by atoms with Gasteiger partial charge in [-0.3, -0.25) is 9.78 Å². The van der Waals surface area contributed by atoms with Crippen molar-refractivity contribution < 1.29 is 9.53 Å². The van der Waals surface area contributed by atoms with E-state index in [9.17, 15) is 4.79 Å². The predicted octanol–water partition coefficient (Wildman–Crippen LogP) is 3.17. The number of nitrogens with one attached hydrogen (secondary N) is 1. The number of amides is 1. The van der Waals surface area contributed by atoms with E-state index < -0.39 is 6.10 Å². The molecule has 0 fully saturated rings. The van der Waals surface area contributed by atoms with Crippen LogP contribution in [0.1, 0.15) is 30.0 Å². The molecule has 1 amide bonds. The summed E-state index contributed by atoms with van der Waals surface area (Å²) in [4.78, 5) is 16.3. The van der Waals surface area contributed by atoms with Crippen molar-refractivity contribution >= 4 is 5.91 Å². The Morgan fingerprint density at radius 1 is 1.23 bits per heavy atom. The molecule has 1 unspecified atom stereocenters. The summed E-state index contributed by atoms with van der Waals surface area (Å²) in [5.41, 5.74) is 3.25. The number of pyridine rings is 1. The molecule has 2 aromatic rings. The summed E-state index contributed by atoms with van der Waals surface area (Å²) >= 11 is 0. The first-order chi connectivity index (χ1) is 10.6. The molecular formula is C18H22N2O2. The Kier molecular flexibility index (Phi) is 5.53. The van der Waals surface area contributed by atoms with Gasteiger partial charge in [0.25, 0.3) is 5.91 Å². The molecule has 2 rings (SSSR count). The zero-order chi connectivity index (χ0) is 15.9. The second-order valence-corrected chi connectivity index (χ2v) is 5.29. The van der Waals surface area contributed by atoms with Crippen LogP contribution in [0.3, 0.4) is 0 Å². The van der Waals surface area contributed by atoms with Crippen LogP contribution in [-0.4, -0.2) is 17.0 Å². The molecule has 0 saturated heterocycles. The first-order valence-corrected chi connectivity index (χ1v) is 7.51. The second kappa shape index (κ2) is 7.59. The van der Waals surface area contributed by atoms with Gasteiger partial charge in [0.15, 0.2) is 6.10 Å². The molecule has 0 spiro atoms. The summed E-state index contributed by atoms with van der Waals surface area (Å²) in [6, 6.07) is 9.65. The van der Waals surface area contributed by atoms with Crippen molar-refractivity contribution in [3.05, 3.63) is 59.4 Å². The van der Waals surface area contributed by atoms with Crippen LogP contribution in [-0.2, 0) is 11.3 Å². The standard InChI is InChI=1S/C18H22N2O2/c1-4-16(22-17-7-5-6-13(2)14(17)3)18(21)20-12-15-8-10-19-11-9-15/h5-11,16H,4,12H2,1-3H3,(H,20,21). The molecule has 22 heavy (non-hydrogen) atoms. The second-order valence-electron chi connectivity index (χ2n) is 5.29. The van der Waals surface area contributed by atoms with Gasteiger partial charge in [-0.2, -0.15) is 0 Å². The molecule has 0 radical (unpaired) electrons. The first kappa shape index (κ1) is 16.0. The molecule has 4 nitrogen and oxygen atoms in total. The van der Waals surface area contributed by atoms with Gasteiger partial charge >= 0.3 is 0 Å². The number of nitrogens with zero attached hydrogens (tertiary/aromatic N) is 1. The molecule has 1 heterocycles. The van der Waals surface area contributed by atoms with Crippen LogP contribution < -0.4 is 10.1 Å². The van der Waals surface area contributed by atoms with Gasteiger partial charge in [0.05, 0.1) is 0 Å². The van der Waals surface area contributed by atoms with Crippen LogP contribution in [0.15, 0.2) is 42.7 Å². The average molecular weight is 298 g/mol. The number of hydrogen-bond acceptors (Lipinski definition) is 3. The van der Waals surface area contributed by atoms with E-state index >= 15 is 0 Å². The lowest BCUT2D eigenvalue weighted by atomic mass is 10.1. The number of carbonyl (C=O) groups excluding carboxylic acids is 1. The van der Waals surface area contributed by atoms with Crippen LogP contribution in [0, 0.1) is 13.8 Å². The zero-order valence-corrected chi connectivity index (χ0v) is 13.3. The quantitative estimate of drug-likeness (QED) is 0.891. The van der Waals surface area contributed by atoms with E-state index in [-0.39, 0.29) is 5.91 Å². The first-order valence-electron chi connectivity index (χ1n) is 7.51. The number of aromatic nitrogens is 1. The third-order valence-electron chi connectivity index (χ3n) is 3.70. The Hall–Kier alpha value is -2.36. The fourth-order valence-electron chi connectivity index (χ4n) is 2.13. The minimum Gasteiger partial charge on any atom is -0.480 e. The molecule has 0 aliphatic carbocycles. The van der Waals surface area contributed by atoms with E-state index in [1.165, 1.54) is 0 Å². The van der Waals surface area contributed by atoms with Gasteiger partial charge in [0, 0.05) is 18.9 Å². The van der Waals surface area contributed by atoms with E-state index in [2.05, 4.69) is 10.3 Å². The van der Waals surface area contributed by atoms with Crippen molar-refractivity contribution in [3.63, 3.8) is 0 Å². The number of hydrogen-bond donors (Lipinski definition) is 1. The summed E-state index contributed by atoms with van der Waals surface area (Å²) in [6.45, 7) is 6.47. The highest BCUT2D eigenvalue weighted by Crippen LogP contribution is 2.22. The highest BCUT2D eigenvalue weighted by atomic mass is 16.5. The lowest BCUT2D eigenvalue weighted by molar-refractivity contribution is -0.128. The normalized spacial score (nSPS) is 11.8. The number of carbonyl (C=O) groups is 1. The van der Waals surface area contributed by atoms with Gasteiger partial charge in [-0.25, -0.2) is 0 Å². The Balaban J connectivity index is 1.98. The van der Waals surface area contributed by atoms with Crippen LogP contribution in [0.4, 0.5) is 0 Å². The third-order valence-corrected chi connectivity index (χ3v) is 3.70. The number of benzene rings is 1. The Labute approximate surface area is 131 Å². The highest BCUT2D eigenvalue weighted by Gasteiger charge is 2.19. The van der Waals surface area contributed by atoms with E-state index in [0.29, 0.717) is 13.0 Å². The third kappa shape index (κ3) is 4.07. The van der Waals surface area contributed by atoms with Crippen molar-refractivity contribution in [1.82, 2.24) is 10.3 Å². The lowest BCUT2D eigenvalue weighted by Gasteiger charge is -2.19. The van der Waals surface area contributed by atoms with Crippen LogP contribution in [0.25, 0.3) is 0 Å².